The summed E-state index contributed by atoms with van der Waals surface area (Å²) in [5, 5.41) is 2.89. The lowest BCUT2D eigenvalue weighted by atomic mass is 9.96. The van der Waals surface area contributed by atoms with Crippen molar-refractivity contribution >= 4 is 17.7 Å². The third-order valence-electron chi connectivity index (χ3n) is 3.66. The predicted molar refractivity (Wildman–Crippen MR) is 78.3 cm³/mol. The van der Waals surface area contributed by atoms with Crippen molar-refractivity contribution in [2.24, 2.45) is 5.92 Å². The van der Waals surface area contributed by atoms with E-state index in [0.29, 0.717) is 25.9 Å². The number of amides is 2. The van der Waals surface area contributed by atoms with Crippen molar-refractivity contribution in [1.82, 2.24) is 4.90 Å². The number of methoxy groups -OCH3 is 2. The van der Waals surface area contributed by atoms with Gasteiger partial charge in [0.25, 0.3) is 0 Å². The summed E-state index contributed by atoms with van der Waals surface area (Å²) >= 11 is 0. The van der Waals surface area contributed by atoms with Crippen LogP contribution in [0.1, 0.15) is 12.8 Å². The van der Waals surface area contributed by atoms with Gasteiger partial charge < -0.3 is 19.7 Å². The summed E-state index contributed by atoms with van der Waals surface area (Å²) in [5.74, 6) is 0.664. The van der Waals surface area contributed by atoms with Gasteiger partial charge in [-0.25, -0.2) is 4.79 Å². The maximum atomic E-state index is 12.2. The van der Waals surface area contributed by atoms with Gasteiger partial charge in [-0.1, -0.05) is 0 Å². The van der Waals surface area contributed by atoms with Crippen LogP contribution in [0.2, 0.25) is 0 Å². The number of carbonyl (C=O) groups excluding carboxylic acids is 2. The van der Waals surface area contributed by atoms with Crippen molar-refractivity contribution in [3.8, 4) is 5.75 Å². The Kier molecular flexibility index (Phi) is 5.03. The molecule has 1 saturated heterocycles. The van der Waals surface area contributed by atoms with E-state index in [9.17, 15) is 9.59 Å². The molecular weight excluding hydrogens is 272 g/mol. The van der Waals surface area contributed by atoms with Crippen LogP contribution in [0.3, 0.4) is 0 Å². The molecule has 1 N–H and O–H groups in total. The van der Waals surface area contributed by atoms with E-state index in [1.807, 2.05) is 0 Å². The average Bonchev–Trinajstić information content (AvgIpc) is 2.55. The highest BCUT2D eigenvalue weighted by atomic mass is 16.5. The zero-order chi connectivity index (χ0) is 15.2. The average molecular weight is 292 g/mol. The van der Waals surface area contributed by atoms with Gasteiger partial charge >= 0.3 is 6.09 Å². The number of carbonyl (C=O) groups is 2. The Bertz CT molecular complexity index is 493. The monoisotopic (exact) mass is 292 g/mol. The first-order chi connectivity index (χ1) is 10.1. The molecular formula is C15H20N2O4. The van der Waals surface area contributed by atoms with Gasteiger partial charge in [-0.15, -0.1) is 0 Å². The molecule has 1 aromatic rings. The second-order valence-electron chi connectivity index (χ2n) is 4.95. The zero-order valence-electron chi connectivity index (χ0n) is 12.3. The lowest BCUT2D eigenvalue weighted by molar-refractivity contribution is -0.121. The first-order valence-corrected chi connectivity index (χ1v) is 6.92. The minimum Gasteiger partial charge on any atom is -0.497 e. The zero-order valence-corrected chi connectivity index (χ0v) is 12.3. The fourth-order valence-electron chi connectivity index (χ4n) is 2.37. The van der Waals surface area contributed by atoms with E-state index < -0.39 is 0 Å². The van der Waals surface area contributed by atoms with Crippen molar-refractivity contribution in [3.05, 3.63) is 24.3 Å². The molecule has 0 unspecified atom stereocenters. The molecule has 0 aromatic heterocycles. The Labute approximate surface area is 124 Å². The highest BCUT2D eigenvalue weighted by Gasteiger charge is 2.27. The van der Waals surface area contributed by atoms with Gasteiger partial charge in [0.05, 0.1) is 14.2 Å². The lowest BCUT2D eigenvalue weighted by Gasteiger charge is -2.30. The number of hydrogen-bond donors (Lipinski definition) is 1. The molecule has 1 fully saturated rings. The number of rotatable bonds is 3. The Balaban J connectivity index is 1.85. The van der Waals surface area contributed by atoms with Crippen LogP contribution in [-0.2, 0) is 9.53 Å². The molecule has 0 bridgehead atoms. The normalized spacial score (nSPS) is 15.4. The van der Waals surface area contributed by atoms with E-state index in [-0.39, 0.29) is 17.9 Å². The minimum atomic E-state index is -0.330. The molecule has 0 aliphatic carbocycles. The number of benzene rings is 1. The second kappa shape index (κ2) is 6.97. The van der Waals surface area contributed by atoms with Gasteiger partial charge in [0.2, 0.25) is 5.91 Å². The third kappa shape index (κ3) is 3.87. The number of anilines is 1. The fourth-order valence-corrected chi connectivity index (χ4v) is 2.37. The van der Waals surface area contributed by atoms with Gasteiger partial charge in [-0.2, -0.15) is 0 Å². The number of likely N-dealkylation sites (tertiary alicyclic amines) is 1. The van der Waals surface area contributed by atoms with Gasteiger partial charge in [0.15, 0.2) is 0 Å². The van der Waals surface area contributed by atoms with Crippen molar-refractivity contribution in [2.75, 3.05) is 32.6 Å². The highest BCUT2D eigenvalue weighted by Crippen LogP contribution is 2.21. The molecule has 0 saturated carbocycles. The Morgan fingerprint density at radius 2 is 1.76 bits per heavy atom. The van der Waals surface area contributed by atoms with E-state index in [0.717, 1.165) is 11.4 Å². The topological polar surface area (TPSA) is 67.9 Å². The fraction of sp³-hybridized carbons (Fsp3) is 0.467. The third-order valence-corrected chi connectivity index (χ3v) is 3.66. The van der Waals surface area contributed by atoms with Gasteiger partial charge in [0, 0.05) is 24.7 Å². The predicted octanol–water partition coefficient (Wildman–Crippen LogP) is 2.11. The SMILES string of the molecule is COC(=O)N1CCC(C(=O)Nc2ccc(OC)cc2)CC1. The summed E-state index contributed by atoms with van der Waals surface area (Å²) in [6.45, 7) is 1.10. The van der Waals surface area contributed by atoms with Crippen LogP contribution in [0, 0.1) is 5.92 Å². The number of ether oxygens (including phenoxy) is 2. The van der Waals surface area contributed by atoms with Crippen LogP contribution in [-0.4, -0.2) is 44.2 Å². The molecule has 1 aliphatic rings. The van der Waals surface area contributed by atoms with Crippen LogP contribution in [0.25, 0.3) is 0 Å². The summed E-state index contributed by atoms with van der Waals surface area (Å²) in [5.41, 5.74) is 0.746. The maximum Gasteiger partial charge on any atom is 0.409 e. The molecule has 114 valence electrons. The largest absolute Gasteiger partial charge is 0.497 e. The van der Waals surface area contributed by atoms with E-state index in [1.54, 1.807) is 36.3 Å². The molecule has 21 heavy (non-hydrogen) atoms. The Hall–Kier alpha value is -2.24. The number of piperidine rings is 1. The van der Waals surface area contributed by atoms with Crippen LogP contribution in [0.15, 0.2) is 24.3 Å². The van der Waals surface area contributed by atoms with Crippen LogP contribution in [0.4, 0.5) is 10.5 Å². The van der Waals surface area contributed by atoms with Crippen molar-refractivity contribution < 1.29 is 19.1 Å². The van der Waals surface area contributed by atoms with Crippen LogP contribution >= 0.6 is 0 Å². The van der Waals surface area contributed by atoms with Gasteiger partial charge in [-0.3, -0.25) is 4.79 Å². The standard InChI is InChI=1S/C15H20N2O4/c1-20-13-5-3-12(4-6-13)16-14(18)11-7-9-17(10-8-11)15(19)21-2/h3-6,11H,7-10H2,1-2H3,(H,16,18). The number of nitrogens with zero attached hydrogens (tertiary/aromatic N) is 1. The molecule has 1 aliphatic heterocycles. The molecule has 6 heteroatoms. The first-order valence-electron chi connectivity index (χ1n) is 6.92. The quantitative estimate of drug-likeness (QED) is 0.926. The van der Waals surface area contributed by atoms with Crippen molar-refractivity contribution in [2.45, 2.75) is 12.8 Å². The smallest absolute Gasteiger partial charge is 0.409 e. The van der Waals surface area contributed by atoms with Gasteiger partial charge in [-0.05, 0) is 37.1 Å². The minimum absolute atomic E-state index is 0.00955. The lowest BCUT2D eigenvalue weighted by Crippen LogP contribution is -2.41. The Morgan fingerprint density at radius 3 is 2.29 bits per heavy atom. The molecule has 2 rings (SSSR count). The molecule has 1 heterocycles. The van der Waals surface area contributed by atoms with Gasteiger partial charge in [0.1, 0.15) is 5.75 Å². The molecule has 0 atom stereocenters. The van der Waals surface area contributed by atoms with E-state index >= 15 is 0 Å². The first kappa shape index (κ1) is 15.2. The summed E-state index contributed by atoms with van der Waals surface area (Å²) < 4.78 is 9.75. The molecule has 0 spiro atoms. The Morgan fingerprint density at radius 1 is 1.14 bits per heavy atom. The summed E-state index contributed by atoms with van der Waals surface area (Å²) in [7, 11) is 2.97. The second-order valence-corrected chi connectivity index (χ2v) is 4.95. The van der Waals surface area contributed by atoms with E-state index in [1.165, 1.54) is 7.11 Å². The van der Waals surface area contributed by atoms with Crippen molar-refractivity contribution in [1.29, 1.82) is 0 Å². The summed E-state index contributed by atoms with van der Waals surface area (Å²) in [6, 6.07) is 7.21. The number of nitrogens with one attached hydrogen (secondary N) is 1. The van der Waals surface area contributed by atoms with Crippen LogP contribution in [0.5, 0.6) is 5.75 Å². The van der Waals surface area contributed by atoms with E-state index in [4.69, 9.17) is 4.74 Å². The molecule has 1 aromatic carbocycles. The summed E-state index contributed by atoms with van der Waals surface area (Å²) in [6.07, 6.45) is 0.970. The van der Waals surface area contributed by atoms with Crippen molar-refractivity contribution in [3.63, 3.8) is 0 Å². The maximum absolute atomic E-state index is 12.2. The molecule has 2 amide bonds. The molecule has 0 radical (unpaired) electrons. The summed E-state index contributed by atoms with van der Waals surface area (Å²) in [4.78, 5) is 25.2. The van der Waals surface area contributed by atoms with Crippen LogP contribution < -0.4 is 10.1 Å². The van der Waals surface area contributed by atoms with E-state index in [2.05, 4.69) is 10.1 Å². The molecule has 6 nitrogen and oxygen atoms in total. The number of hydrogen-bond acceptors (Lipinski definition) is 4. The highest BCUT2D eigenvalue weighted by molar-refractivity contribution is 5.92.